The first-order chi connectivity index (χ1) is 8.20. The van der Waals surface area contributed by atoms with E-state index in [4.69, 9.17) is 0 Å². The lowest BCUT2D eigenvalue weighted by molar-refractivity contribution is -0.125. The van der Waals surface area contributed by atoms with Crippen LogP contribution in [-0.4, -0.2) is 20.5 Å². The van der Waals surface area contributed by atoms with Crippen LogP contribution in [0.2, 0.25) is 0 Å². The average molecular weight is 235 g/mol. The van der Waals surface area contributed by atoms with Crippen LogP contribution in [0.15, 0.2) is 6.33 Å². The molecule has 0 radical (unpaired) electrons. The van der Waals surface area contributed by atoms with Gasteiger partial charge in [-0.3, -0.25) is 9.48 Å². The zero-order valence-electron chi connectivity index (χ0n) is 10.7. The van der Waals surface area contributed by atoms with Crippen molar-refractivity contribution in [1.29, 1.82) is 0 Å². The van der Waals surface area contributed by atoms with Gasteiger partial charge in [0.15, 0.2) is 0 Å². The van der Waals surface area contributed by atoms with Crippen LogP contribution in [-0.2, 0) is 17.8 Å². The zero-order chi connectivity index (χ0) is 12.3. The van der Waals surface area contributed by atoms with Crippen molar-refractivity contribution in [3.8, 4) is 0 Å². The summed E-state index contributed by atoms with van der Waals surface area (Å²) in [4.78, 5) is 16.2. The van der Waals surface area contributed by atoms with Gasteiger partial charge in [-0.05, 0) is 25.2 Å². The van der Waals surface area contributed by atoms with E-state index in [2.05, 4.69) is 23.9 Å². The number of nitrogens with zero attached hydrogens (tertiary/aromatic N) is 3. The highest BCUT2D eigenvalue weighted by Crippen LogP contribution is 2.28. The Bertz CT molecular complexity index is 386. The maximum atomic E-state index is 11.9. The molecule has 0 N–H and O–H groups in total. The Morgan fingerprint density at radius 2 is 2.35 bits per heavy atom. The number of carbonyl (C=O) groups excluding carboxylic acids is 1. The van der Waals surface area contributed by atoms with Crippen molar-refractivity contribution in [2.45, 2.75) is 52.5 Å². The predicted molar refractivity (Wildman–Crippen MR) is 65.5 cm³/mol. The third kappa shape index (κ3) is 2.93. The number of rotatable bonds is 4. The second-order valence-electron chi connectivity index (χ2n) is 5.15. The molecule has 4 heteroatoms. The van der Waals surface area contributed by atoms with Crippen LogP contribution in [0.1, 0.15) is 45.4 Å². The molecule has 0 bridgehead atoms. The van der Waals surface area contributed by atoms with Gasteiger partial charge in [0.25, 0.3) is 0 Å². The summed E-state index contributed by atoms with van der Waals surface area (Å²) >= 11 is 0. The van der Waals surface area contributed by atoms with Gasteiger partial charge in [0.1, 0.15) is 17.9 Å². The molecule has 1 heterocycles. The third-order valence-electron chi connectivity index (χ3n) is 3.59. The van der Waals surface area contributed by atoms with Crippen LogP contribution in [0, 0.1) is 11.8 Å². The molecule has 2 unspecified atom stereocenters. The molecule has 1 aliphatic carbocycles. The van der Waals surface area contributed by atoms with Gasteiger partial charge in [0.2, 0.25) is 0 Å². The largest absolute Gasteiger partial charge is 0.299 e. The highest BCUT2D eigenvalue weighted by molar-refractivity contribution is 5.81. The van der Waals surface area contributed by atoms with Crippen molar-refractivity contribution in [2.24, 2.45) is 11.8 Å². The molecular formula is C13H21N3O. The second kappa shape index (κ2) is 5.43. The molecule has 1 aromatic heterocycles. The molecule has 2 atom stereocenters. The Morgan fingerprint density at radius 1 is 1.53 bits per heavy atom. The number of carbonyl (C=O) groups is 1. The number of hydrogen-bond acceptors (Lipinski definition) is 3. The first kappa shape index (κ1) is 12.3. The summed E-state index contributed by atoms with van der Waals surface area (Å²) in [6.45, 7) is 5.25. The molecule has 1 saturated carbocycles. The molecule has 17 heavy (non-hydrogen) atoms. The van der Waals surface area contributed by atoms with Crippen molar-refractivity contribution >= 4 is 5.78 Å². The summed E-state index contributed by atoms with van der Waals surface area (Å²) in [5, 5.41) is 4.21. The lowest BCUT2D eigenvalue weighted by Crippen LogP contribution is -2.26. The number of aromatic nitrogens is 3. The van der Waals surface area contributed by atoms with E-state index < -0.39 is 0 Å². The Hall–Kier alpha value is -1.19. The molecule has 0 saturated heterocycles. The molecule has 0 aliphatic heterocycles. The second-order valence-corrected chi connectivity index (χ2v) is 5.15. The minimum atomic E-state index is 0.165. The van der Waals surface area contributed by atoms with Gasteiger partial charge >= 0.3 is 0 Å². The first-order valence-electron chi connectivity index (χ1n) is 6.60. The van der Waals surface area contributed by atoms with Crippen LogP contribution >= 0.6 is 0 Å². The van der Waals surface area contributed by atoms with E-state index >= 15 is 0 Å². The van der Waals surface area contributed by atoms with Gasteiger partial charge in [-0.25, -0.2) is 4.98 Å². The topological polar surface area (TPSA) is 47.8 Å². The molecule has 0 spiro atoms. The van der Waals surface area contributed by atoms with Crippen molar-refractivity contribution in [3.63, 3.8) is 0 Å². The molecule has 1 aromatic rings. The minimum Gasteiger partial charge on any atom is -0.299 e. The normalized spacial score (nSPS) is 25.2. The van der Waals surface area contributed by atoms with Crippen LogP contribution in [0.5, 0.6) is 0 Å². The summed E-state index contributed by atoms with van der Waals surface area (Å²) in [6.07, 6.45) is 6.22. The van der Waals surface area contributed by atoms with E-state index in [9.17, 15) is 4.79 Å². The fourth-order valence-corrected chi connectivity index (χ4v) is 2.59. The lowest BCUT2D eigenvalue weighted by Gasteiger charge is -2.25. The highest BCUT2D eigenvalue weighted by Gasteiger charge is 2.27. The Kier molecular flexibility index (Phi) is 3.92. The highest BCUT2D eigenvalue weighted by atomic mass is 16.1. The van der Waals surface area contributed by atoms with Crippen LogP contribution in [0.4, 0.5) is 0 Å². The summed E-state index contributed by atoms with van der Waals surface area (Å²) < 4.78 is 1.94. The van der Waals surface area contributed by atoms with Crippen molar-refractivity contribution in [1.82, 2.24) is 14.8 Å². The monoisotopic (exact) mass is 235 g/mol. The maximum absolute atomic E-state index is 11.9. The van der Waals surface area contributed by atoms with E-state index in [0.29, 0.717) is 11.7 Å². The fourth-order valence-electron chi connectivity index (χ4n) is 2.59. The van der Waals surface area contributed by atoms with Crippen LogP contribution in [0.3, 0.4) is 0 Å². The van der Waals surface area contributed by atoms with Gasteiger partial charge in [-0.1, -0.05) is 13.8 Å². The Balaban J connectivity index is 2.03. The first-order valence-corrected chi connectivity index (χ1v) is 6.60. The molecule has 1 fully saturated rings. The number of hydrogen-bond donors (Lipinski definition) is 0. The van der Waals surface area contributed by atoms with Crippen LogP contribution < -0.4 is 0 Å². The molecule has 0 amide bonds. The van der Waals surface area contributed by atoms with Crippen LogP contribution in [0.25, 0.3) is 0 Å². The van der Waals surface area contributed by atoms with Gasteiger partial charge in [0, 0.05) is 25.3 Å². The van der Waals surface area contributed by atoms with Gasteiger partial charge in [0.05, 0.1) is 0 Å². The van der Waals surface area contributed by atoms with Crippen molar-refractivity contribution in [3.05, 3.63) is 12.2 Å². The minimum absolute atomic E-state index is 0.165. The predicted octanol–water partition coefficient (Wildman–Crippen LogP) is 2.24. The molecule has 94 valence electrons. The summed E-state index contributed by atoms with van der Waals surface area (Å²) in [5.41, 5.74) is 0. The van der Waals surface area contributed by atoms with E-state index in [0.717, 1.165) is 44.5 Å². The number of aryl methyl sites for hydroxylation is 1. The third-order valence-corrected chi connectivity index (χ3v) is 3.59. The van der Waals surface area contributed by atoms with Gasteiger partial charge in [-0.2, -0.15) is 5.10 Å². The van der Waals surface area contributed by atoms with Crippen molar-refractivity contribution in [2.75, 3.05) is 0 Å². The Labute approximate surface area is 102 Å². The average Bonchev–Trinajstić information content (AvgIpc) is 2.72. The summed E-state index contributed by atoms with van der Waals surface area (Å²) in [5.74, 6) is 2.22. The smallest absolute Gasteiger partial charge is 0.138 e. The summed E-state index contributed by atoms with van der Waals surface area (Å²) in [7, 11) is 0. The quantitative estimate of drug-likeness (QED) is 0.804. The van der Waals surface area contributed by atoms with E-state index in [1.807, 2.05) is 4.68 Å². The zero-order valence-corrected chi connectivity index (χ0v) is 10.7. The maximum Gasteiger partial charge on any atom is 0.138 e. The van der Waals surface area contributed by atoms with E-state index in [-0.39, 0.29) is 5.92 Å². The van der Waals surface area contributed by atoms with Gasteiger partial charge < -0.3 is 0 Å². The SMILES string of the molecule is CCCn1ncnc1CC1CC(C)CCC1=O. The molecule has 0 aromatic carbocycles. The number of Topliss-reactive ketones (excluding diaryl/α,β-unsaturated/α-hetero) is 1. The number of ketones is 1. The van der Waals surface area contributed by atoms with Crippen molar-refractivity contribution < 1.29 is 4.79 Å². The lowest BCUT2D eigenvalue weighted by atomic mass is 9.80. The standard InChI is InChI=1S/C13H21N3O/c1-3-6-16-13(14-9-15-16)8-11-7-10(2)4-5-12(11)17/h9-11H,3-8H2,1-2H3. The molecule has 1 aliphatic rings. The Morgan fingerprint density at radius 3 is 3.12 bits per heavy atom. The summed E-state index contributed by atoms with van der Waals surface area (Å²) in [6, 6.07) is 0. The molecule has 2 rings (SSSR count). The molecular weight excluding hydrogens is 214 g/mol. The van der Waals surface area contributed by atoms with Gasteiger partial charge in [-0.15, -0.1) is 0 Å². The van der Waals surface area contributed by atoms with E-state index in [1.54, 1.807) is 6.33 Å². The molecule has 4 nitrogen and oxygen atoms in total. The fraction of sp³-hybridized carbons (Fsp3) is 0.769. The van der Waals surface area contributed by atoms with E-state index in [1.165, 1.54) is 0 Å².